The lowest BCUT2D eigenvalue weighted by atomic mass is 9.98. The van der Waals surface area contributed by atoms with Gasteiger partial charge in [0.05, 0.1) is 22.6 Å². The molecule has 0 N–H and O–H groups in total. The third-order valence-electron chi connectivity index (χ3n) is 6.36. The molecule has 162 valence electrons. The molecule has 2 aromatic carbocycles. The maximum Gasteiger partial charge on any atom is 0.232 e. The number of carbonyl (C=O) groups excluding carboxylic acids is 1. The molecule has 0 aromatic heterocycles. The molecule has 3 heterocycles. The van der Waals surface area contributed by atoms with Gasteiger partial charge in [-0.2, -0.15) is 0 Å². The fourth-order valence-corrected chi connectivity index (χ4v) is 6.31. The van der Waals surface area contributed by atoms with Gasteiger partial charge >= 0.3 is 0 Å². The van der Waals surface area contributed by atoms with Gasteiger partial charge in [-0.1, -0.05) is 31.2 Å². The predicted octanol–water partition coefficient (Wildman–Crippen LogP) is 3.51. The molecule has 1 unspecified atom stereocenters. The van der Waals surface area contributed by atoms with Crippen LogP contribution in [-0.2, 0) is 22.8 Å². The molecule has 0 bridgehead atoms. The molecule has 1 saturated heterocycles. The summed E-state index contributed by atoms with van der Waals surface area (Å²) in [7, 11) is -2.99. The molecule has 1 atom stereocenters. The largest absolute Gasteiger partial charge is 0.478 e. The van der Waals surface area contributed by atoms with E-state index in [0.29, 0.717) is 42.5 Å². The minimum atomic E-state index is -2.99. The van der Waals surface area contributed by atoms with Gasteiger partial charge in [0, 0.05) is 12.6 Å². The number of ketones is 1. The first-order chi connectivity index (χ1) is 14.8. The zero-order chi connectivity index (χ0) is 21.8. The minimum absolute atomic E-state index is 0.0701. The Kier molecular flexibility index (Phi) is 4.90. The maximum atomic E-state index is 13.1. The number of benzene rings is 2. The van der Waals surface area contributed by atoms with Crippen LogP contribution >= 0.6 is 0 Å². The number of allylic oxidation sites excluding steroid dienone is 1. The zero-order valence-electron chi connectivity index (χ0n) is 17.7. The molecule has 5 rings (SSSR count). The second kappa shape index (κ2) is 7.50. The van der Waals surface area contributed by atoms with E-state index in [1.165, 1.54) is 5.56 Å². The van der Waals surface area contributed by atoms with E-state index in [1.807, 2.05) is 42.2 Å². The number of aryl methyl sites for hydroxylation is 2. The van der Waals surface area contributed by atoms with Crippen LogP contribution in [0, 0.1) is 6.92 Å². The van der Waals surface area contributed by atoms with E-state index in [0.717, 1.165) is 23.1 Å². The Morgan fingerprint density at radius 3 is 2.68 bits per heavy atom. The van der Waals surface area contributed by atoms with Crippen LogP contribution in [0.25, 0.3) is 6.08 Å². The van der Waals surface area contributed by atoms with Crippen molar-refractivity contribution in [3.05, 3.63) is 63.9 Å². The summed E-state index contributed by atoms with van der Waals surface area (Å²) in [5.74, 6) is 1.79. The average Bonchev–Trinajstić information content (AvgIpc) is 3.28. The van der Waals surface area contributed by atoms with Crippen LogP contribution in [0.3, 0.4) is 0 Å². The number of Topliss-reactive ketones (excluding diaryl/α,β-unsaturated/α-hetero) is 1. The smallest absolute Gasteiger partial charge is 0.232 e. The topological polar surface area (TPSA) is 72.9 Å². The summed E-state index contributed by atoms with van der Waals surface area (Å²) in [6, 6.07) is 9.88. The molecular formula is C24H25NO5S. The van der Waals surface area contributed by atoms with E-state index < -0.39 is 9.84 Å². The highest BCUT2D eigenvalue weighted by molar-refractivity contribution is 7.91. The SMILES string of the molecule is CCc1ccc(/C=C2\Oc3c4c(cc(C)c3C2=O)OCN(C2CCS(=O)(=O)C2)C4)cc1. The molecule has 2 aromatic rings. The number of hydrogen-bond donors (Lipinski definition) is 0. The molecule has 0 saturated carbocycles. The van der Waals surface area contributed by atoms with Crippen LogP contribution in [0.1, 0.15) is 46.0 Å². The number of sulfone groups is 1. The summed E-state index contributed by atoms with van der Waals surface area (Å²) in [5, 5.41) is 0. The van der Waals surface area contributed by atoms with E-state index in [2.05, 4.69) is 6.92 Å². The molecule has 1 fully saturated rings. The highest BCUT2D eigenvalue weighted by Gasteiger charge is 2.39. The summed E-state index contributed by atoms with van der Waals surface area (Å²) >= 11 is 0. The van der Waals surface area contributed by atoms with E-state index in [9.17, 15) is 13.2 Å². The number of hydrogen-bond acceptors (Lipinski definition) is 6. The second-order valence-electron chi connectivity index (χ2n) is 8.49. The first-order valence-corrected chi connectivity index (χ1v) is 12.4. The Labute approximate surface area is 182 Å². The number of carbonyl (C=O) groups is 1. The molecule has 6 nitrogen and oxygen atoms in total. The van der Waals surface area contributed by atoms with E-state index >= 15 is 0 Å². The fraction of sp³-hybridized carbons (Fsp3) is 0.375. The van der Waals surface area contributed by atoms with Crippen molar-refractivity contribution in [2.75, 3.05) is 18.2 Å². The molecule has 0 aliphatic carbocycles. The zero-order valence-corrected chi connectivity index (χ0v) is 18.5. The van der Waals surface area contributed by atoms with Crippen molar-refractivity contribution in [1.29, 1.82) is 0 Å². The van der Waals surface area contributed by atoms with Gasteiger partial charge in [0.15, 0.2) is 15.6 Å². The Morgan fingerprint density at radius 1 is 1.23 bits per heavy atom. The van der Waals surface area contributed by atoms with Gasteiger partial charge in [-0.25, -0.2) is 8.42 Å². The molecule has 0 spiro atoms. The molecule has 3 aliphatic rings. The van der Waals surface area contributed by atoms with Crippen LogP contribution in [-0.4, -0.2) is 43.4 Å². The summed E-state index contributed by atoms with van der Waals surface area (Å²) < 4.78 is 35.9. The van der Waals surface area contributed by atoms with Crippen molar-refractivity contribution < 1.29 is 22.7 Å². The molecule has 31 heavy (non-hydrogen) atoms. The Morgan fingerprint density at radius 2 is 2.00 bits per heavy atom. The molecule has 3 aliphatic heterocycles. The predicted molar refractivity (Wildman–Crippen MR) is 118 cm³/mol. The number of ether oxygens (including phenoxy) is 2. The van der Waals surface area contributed by atoms with E-state index in [4.69, 9.17) is 9.47 Å². The monoisotopic (exact) mass is 439 g/mol. The van der Waals surface area contributed by atoms with Gasteiger partial charge in [0.25, 0.3) is 0 Å². The van der Waals surface area contributed by atoms with Crippen molar-refractivity contribution in [3.8, 4) is 11.5 Å². The van der Waals surface area contributed by atoms with Crippen molar-refractivity contribution in [3.63, 3.8) is 0 Å². The molecule has 0 radical (unpaired) electrons. The summed E-state index contributed by atoms with van der Waals surface area (Å²) in [5.41, 5.74) is 4.35. The van der Waals surface area contributed by atoms with Crippen LogP contribution in [0.4, 0.5) is 0 Å². The van der Waals surface area contributed by atoms with Crippen molar-refractivity contribution in [2.24, 2.45) is 0 Å². The van der Waals surface area contributed by atoms with Crippen LogP contribution in [0.5, 0.6) is 11.5 Å². The Hall–Kier alpha value is -2.64. The number of rotatable bonds is 3. The van der Waals surface area contributed by atoms with Gasteiger partial charge in [-0.05, 0) is 48.6 Å². The molecule has 0 amide bonds. The molecule has 7 heteroatoms. The summed E-state index contributed by atoms with van der Waals surface area (Å²) in [6.07, 6.45) is 3.34. The third kappa shape index (κ3) is 3.66. The Bertz CT molecular complexity index is 1200. The van der Waals surface area contributed by atoms with E-state index in [1.54, 1.807) is 6.08 Å². The van der Waals surface area contributed by atoms with Crippen molar-refractivity contribution in [2.45, 2.75) is 39.3 Å². The van der Waals surface area contributed by atoms with Crippen molar-refractivity contribution >= 4 is 21.7 Å². The van der Waals surface area contributed by atoms with Crippen LogP contribution in [0.15, 0.2) is 36.1 Å². The highest BCUT2D eigenvalue weighted by Crippen LogP contribution is 2.44. The average molecular weight is 440 g/mol. The van der Waals surface area contributed by atoms with Crippen LogP contribution in [0.2, 0.25) is 0 Å². The lowest BCUT2D eigenvalue weighted by Crippen LogP contribution is -2.41. The first kappa shape index (κ1) is 20.3. The van der Waals surface area contributed by atoms with Gasteiger partial charge in [0.1, 0.15) is 18.2 Å². The highest BCUT2D eigenvalue weighted by atomic mass is 32.2. The third-order valence-corrected chi connectivity index (χ3v) is 8.11. The van der Waals surface area contributed by atoms with Crippen LogP contribution < -0.4 is 9.47 Å². The van der Waals surface area contributed by atoms with Crippen molar-refractivity contribution in [1.82, 2.24) is 4.90 Å². The lowest BCUT2D eigenvalue weighted by molar-refractivity contribution is 0.0633. The summed E-state index contributed by atoms with van der Waals surface area (Å²) in [4.78, 5) is 15.2. The standard InChI is InChI=1S/C24H25NO5S/c1-3-16-4-6-17(7-5-16)11-21-23(26)22-15(2)10-20-19(24(22)30-21)12-25(14-29-20)18-8-9-31(27,28)13-18/h4-7,10-11,18H,3,8-9,12-14H2,1-2H3/b21-11-. The van der Waals surface area contributed by atoms with Gasteiger partial charge < -0.3 is 9.47 Å². The minimum Gasteiger partial charge on any atom is -0.478 e. The first-order valence-electron chi connectivity index (χ1n) is 10.6. The van der Waals surface area contributed by atoms with Gasteiger partial charge in [-0.3, -0.25) is 9.69 Å². The second-order valence-corrected chi connectivity index (χ2v) is 10.7. The maximum absolute atomic E-state index is 13.1. The fourth-order valence-electron chi connectivity index (χ4n) is 4.55. The summed E-state index contributed by atoms with van der Waals surface area (Å²) in [6.45, 7) is 4.83. The lowest BCUT2D eigenvalue weighted by Gasteiger charge is -2.33. The number of fused-ring (bicyclic) bond motifs is 3. The van der Waals surface area contributed by atoms with Gasteiger partial charge in [-0.15, -0.1) is 0 Å². The van der Waals surface area contributed by atoms with E-state index in [-0.39, 0.29) is 23.3 Å². The Balaban J connectivity index is 1.47. The van der Waals surface area contributed by atoms with Gasteiger partial charge in [0.2, 0.25) is 5.78 Å². The normalized spacial score (nSPS) is 23.4. The number of nitrogens with zero attached hydrogens (tertiary/aromatic N) is 1. The quantitative estimate of drug-likeness (QED) is 0.682. The molecular weight excluding hydrogens is 414 g/mol.